The molecule has 1 rings (SSSR count). The summed E-state index contributed by atoms with van der Waals surface area (Å²) in [6.45, 7) is 0.948. The van der Waals surface area contributed by atoms with Crippen LogP contribution in [0.1, 0.15) is 6.92 Å². The van der Waals surface area contributed by atoms with Crippen LogP contribution in [0.15, 0.2) is 24.3 Å². The summed E-state index contributed by atoms with van der Waals surface area (Å²) in [6.07, 6.45) is -6.19. The smallest absolute Gasteiger partial charge is 0.425 e. The third-order valence-corrected chi connectivity index (χ3v) is 1.63. The first-order chi connectivity index (χ1) is 6.39. The summed E-state index contributed by atoms with van der Waals surface area (Å²) in [7, 11) is 0. The molecule has 0 aromatic heterocycles. The van der Waals surface area contributed by atoms with Gasteiger partial charge in [0, 0.05) is 11.8 Å². The highest BCUT2D eigenvalue weighted by molar-refractivity contribution is 5.43. The molecule has 2 nitrogen and oxygen atoms in total. The van der Waals surface area contributed by atoms with E-state index in [1.165, 1.54) is 18.2 Å². The number of hydrogen-bond acceptors (Lipinski definition) is 2. The largest absolute Gasteiger partial charge is 0.481 e. The predicted octanol–water partition coefficient (Wildman–Crippen LogP) is 2.60. The van der Waals surface area contributed by atoms with Gasteiger partial charge in [-0.2, -0.15) is 13.2 Å². The number of rotatable bonds is 2. The third kappa shape index (κ3) is 2.83. The van der Waals surface area contributed by atoms with Gasteiger partial charge in [0.1, 0.15) is 5.75 Å². The molecule has 0 heterocycles. The molecule has 14 heavy (non-hydrogen) atoms. The van der Waals surface area contributed by atoms with E-state index in [4.69, 9.17) is 5.73 Å². The van der Waals surface area contributed by atoms with Gasteiger partial charge >= 0.3 is 6.18 Å². The summed E-state index contributed by atoms with van der Waals surface area (Å²) in [5.41, 5.74) is 5.75. The molecule has 0 radical (unpaired) electrons. The Morgan fingerprint density at radius 2 is 2.00 bits per heavy atom. The minimum Gasteiger partial charge on any atom is -0.481 e. The molecule has 0 amide bonds. The molecule has 0 saturated carbocycles. The van der Waals surface area contributed by atoms with E-state index in [0.717, 1.165) is 6.92 Å². The monoisotopic (exact) mass is 205 g/mol. The fourth-order valence-electron chi connectivity index (χ4n) is 0.859. The van der Waals surface area contributed by atoms with Crippen molar-refractivity contribution in [3.05, 3.63) is 24.3 Å². The average molecular weight is 205 g/mol. The fourth-order valence-corrected chi connectivity index (χ4v) is 0.859. The molecule has 2 N–H and O–H groups in total. The van der Waals surface area contributed by atoms with Gasteiger partial charge in [0.25, 0.3) is 0 Å². The summed E-state index contributed by atoms with van der Waals surface area (Å²) in [5.74, 6) is 0.120. The maximum absolute atomic E-state index is 12.1. The molecule has 0 spiro atoms. The van der Waals surface area contributed by atoms with E-state index in [0.29, 0.717) is 5.69 Å². The highest BCUT2D eigenvalue weighted by Crippen LogP contribution is 2.25. The maximum atomic E-state index is 12.1. The van der Waals surface area contributed by atoms with E-state index in [9.17, 15) is 13.2 Å². The number of alkyl halides is 3. The van der Waals surface area contributed by atoms with E-state index in [1.54, 1.807) is 6.07 Å². The zero-order chi connectivity index (χ0) is 10.8. The molecular weight excluding hydrogens is 195 g/mol. The molecule has 0 saturated heterocycles. The molecule has 0 bridgehead atoms. The van der Waals surface area contributed by atoms with E-state index in [1.807, 2.05) is 0 Å². The highest BCUT2D eigenvalue weighted by Gasteiger charge is 2.37. The van der Waals surface area contributed by atoms with Crippen molar-refractivity contribution < 1.29 is 17.9 Å². The number of halogens is 3. The topological polar surface area (TPSA) is 35.2 Å². The van der Waals surface area contributed by atoms with Crippen molar-refractivity contribution in [1.29, 1.82) is 0 Å². The van der Waals surface area contributed by atoms with Gasteiger partial charge in [-0.05, 0) is 19.1 Å². The number of ether oxygens (including phenoxy) is 1. The first kappa shape index (κ1) is 10.7. The SMILES string of the molecule is CC(Oc1cccc(N)c1)C(F)(F)F. The van der Waals surface area contributed by atoms with Crippen LogP contribution >= 0.6 is 0 Å². The van der Waals surface area contributed by atoms with Crippen molar-refractivity contribution in [2.45, 2.75) is 19.2 Å². The van der Waals surface area contributed by atoms with Crippen LogP contribution in [0, 0.1) is 0 Å². The Labute approximate surface area is 79.5 Å². The number of anilines is 1. The van der Waals surface area contributed by atoms with Crippen LogP contribution < -0.4 is 10.5 Å². The molecule has 0 aliphatic carbocycles. The first-order valence-corrected chi connectivity index (χ1v) is 3.98. The highest BCUT2D eigenvalue weighted by atomic mass is 19.4. The van der Waals surface area contributed by atoms with Crippen molar-refractivity contribution in [1.82, 2.24) is 0 Å². The molecule has 0 fully saturated rings. The van der Waals surface area contributed by atoms with Crippen molar-refractivity contribution in [2.75, 3.05) is 5.73 Å². The van der Waals surface area contributed by atoms with Gasteiger partial charge in [0.15, 0.2) is 6.10 Å². The number of benzene rings is 1. The lowest BCUT2D eigenvalue weighted by Crippen LogP contribution is -2.31. The molecule has 0 aliphatic heterocycles. The Kier molecular flexibility index (Phi) is 2.88. The molecule has 1 atom stereocenters. The zero-order valence-electron chi connectivity index (χ0n) is 7.51. The van der Waals surface area contributed by atoms with Crippen LogP contribution in [-0.4, -0.2) is 12.3 Å². The Bertz CT molecular complexity index is 311. The lowest BCUT2D eigenvalue weighted by molar-refractivity contribution is -0.189. The normalized spacial score (nSPS) is 13.7. The second kappa shape index (κ2) is 3.77. The van der Waals surface area contributed by atoms with Crippen molar-refractivity contribution in [2.24, 2.45) is 0 Å². The van der Waals surface area contributed by atoms with Gasteiger partial charge in [-0.1, -0.05) is 6.07 Å². The zero-order valence-corrected chi connectivity index (χ0v) is 7.51. The van der Waals surface area contributed by atoms with Gasteiger partial charge in [-0.25, -0.2) is 0 Å². The second-order valence-electron chi connectivity index (χ2n) is 2.87. The van der Waals surface area contributed by atoms with Gasteiger partial charge in [0.2, 0.25) is 0 Å². The quantitative estimate of drug-likeness (QED) is 0.753. The Hall–Kier alpha value is -1.39. The summed E-state index contributed by atoms with van der Waals surface area (Å²) in [4.78, 5) is 0. The fraction of sp³-hybridized carbons (Fsp3) is 0.333. The van der Waals surface area contributed by atoms with E-state index >= 15 is 0 Å². The third-order valence-electron chi connectivity index (χ3n) is 1.63. The number of nitrogens with two attached hydrogens (primary N) is 1. The Morgan fingerprint density at radius 1 is 1.36 bits per heavy atom. The standard InChI is InChI=1S/C9H10F3NO/c1-6(9(10,11)12)14-8-4-2-3-7(13)5-8/h2-6H,13H2,1H3. The molecule has 0 aliphatic rings. The van der Waals surface area contributed by atoms with Crippen LogP contribution in [-0.2, 0) is 0 Å². The molecule has 1 unspecified atom stereocenters. The van der Waals surface area contributed by atoms with Crippen LogP contribution in [0.25, 0.3) is 0 Å². The van der Waals surface area contributed by atoms with E-state index in [2.05, 4.69) is 4.74 Å². The number of nitrogen functional groups attached to an aromatic ring is 1. The van der Waals surface area contributed by atoms with Crippen LogP contribution in [0.4, 0.5) is 18.9 Å². The summed E-state index contributed by atoms with van der Waals surface area (Å²) >= 11 is 0. The van der Waals surface area contributed by atoms with Gasteiger partial charge in [-0.3, -0.25) is 0 Å². The summed E-state index contributed by atoms with van der Waals surface area (Å²) < 4.78 is 40.9. The van der Waals surface area contributed by atoms with E-state index < -0.39 is 12.3 Å². The molecular formula is C9H10F3NO. The molecule has 5 heteroatoms. The first-order valence-electron chi connectivity index (χ1n) is 3.98. The van der Waals surface area contributed by atoms with Crippen molar-refractivity contribution in [3.8, 4) is 5.75 Å². The second-order valence-corrected chi connectivity index (χ2v) is 2.87. The predicted molar refractivity (Wildman–Crippen MR) is 47.0 cm³/mol. The van der Waals surface area contributed by atoms with Gasteiger partial charge in [0.05, 0.1) is 0 Å². The maximum Gasteiger partial charge on any atom is 0.425 e. The minimum atomic E-state index is -4.36. The van der Waals surface area contributed by atoms with E-state index in [-0.39, 0.29) is 5.75 Å². The lowest BCUT2D eigenvalue weighted by atomic mass is 10.3. The van der Waals surface area contributed by atoms with Crippen molar-refractivity contribution in [3.63, 3.8) is 0 Å². The number of hydrogen-bond donors (Lipinski definition) is 1. The van der Waals surface area contributed by atoms with Crippen LogP contribution in [0.5, 0.6) is 5.75 Å². The molecule has 1 aromatic rings. The Balaban J connectivity index is 2.70. The molecule has 1 aromatic carbocycles. The van der Waals surface area contributed by atoms with Crippen LogP contribution in [0.3, 0.4) is 0 Å². The minimum absolute atomic E-state index is 0.120. The molecule has 78 valence electrons. The van der Waals surface area contributed by atoms with Gasteiger partial charge < -0.3 is 10.5 Å². The van der Waals surface area contributed by atoms with Gasteiger partial charge in [-0.15, -0.1) is 0 Å². The van der Waals surface area contributed by atoms with Crippen molar-refractivity contribution >= 4 is 5.69 Å². The Morgan fingerprint density at radius 3 is 2.50 bits per heavy atom. The summed E-state index contributed by atoms with van der Waals surface area (Å²) in [6, 6.07) is 5.89. The average Bonchev–Trinajstić information content (AvgIpc) is 2.02. The van der Waals surface area contributed by atoms with Crippen LogP contribution in [0.2, 0.25) is 0 Å². The lowest BCUT2D eigenvalue weighted by Gasteiger charge is -2.17. The summed E-state index contributed by atoms with van der Waals surface area (Å²) in [5, 5.41) is 0.